The summed E-state index contributed by atoms with van der Waals surface area (Å²) in [7, 11) is 7.07. The molecule has 1 N–H and O–H groups in total. The lowest BCUT2D eigenvalue weighted by Gasteiger charge is -2.21. The molecule has 0 spiro atoms. The molecule has 0 aliphatic carbocycles. The summed E-state index contributed by atoms with van der Waals surface area (Å²) >= 11 is 0. The van der Waals surface area contributed by atoms with E-state index >= 15 is 0 Å². The molecule has 0 aromatic rings. The molecule has 0 aromatic heterocycles. The molecule has 14 heavy (non-hydrogen) atoms. The van der Waals surface area contributed by atoms with Crippen molar-refractivity contribution in [3.63, 3.8) is 0 Å². The van der Waals surface area contributed by atoms with Gasteiger partial charge in [0.1, 0.15) is 0 Å². The summed E-state index contributed by atoms with van der Waals surface area (Å²) < 4.78 is 0. The van der Waals surface area contributed by atoms with Crippen LogP contribution in [0.1, 0.15) is 6.42 Å². The van der Waals surface area contributed by atoms with Crippen molar-refractivity contribution in [2.75, 3.05) is 26.7 Å². The third-order valence-corrected chi connectivity index (χ3v) is 3.04. The van der Waals surface area contributed by atoms with Crippen molar-refractivity contribution in [3.05, 3.63) is 0 Å². The maximum Gasteiger partial charge on any atom is 0.256 e. The first-order valence-electron chi connectivity index (χ1n) is 4.87. The zero-order chi connectivity index (χ0) is 10.1. The van der Waals surface area contributed by atoms with Gasteiger partial charge in [0.15, 0.2) is 5.84 Å². The predicted octanol–water partition coefficient (Wildman–Crippen LogP) is 0.298. The van der Waals surface area contributed by atoms with Crippen molar-refractivity contribution in [2.45, 2.75) is 6.42 Å². The van der Waals surface area contributed by atoms with Crippen LogP contribution in [-0.4, -0.2) is 50.3 Å². The highest BCUT2D eigenvalue weighted by atomic mass is 15.4. The van der Waals surface area contributed by atoms with E-state index in [0.717, 1.165) is 13.1 Å². The van der Waals surface area contributed by atoms with E-state index in [9.17, 15) is 0 Å². The summed E-state index contributed by atoms with van der Waals surface area (Å²) in [5, 5.41) is 7.52. The molecular weight excluding hydrogens is 177 g/mol. The Morgan fingerprint density at radius 3 is 2.79 bits per heavy atom. The first-order valence-corrected chi connectivity index (χ1v) is 4.87. The van der Waals surface area contributed by atoms with Gasteiger partial charge in [-0.15, -0.1) is 5.11 Å². The topological polar surface area (TPSA) is 55.1 Å². The van der Waals surface area contributed by atoms with Crippen molar-refractivity contribution >= 4 is 13.8 Å². The molecule has 2 aliphatic rings. The molecule has 2 unspecified atom stereocenters. The van der Waals surface area contributed by atoms with Gasteiger partial charge in [0.05, 0.1) is 0 Å². The van der Waals surface area contributed by atoms with E-state index in [2.05, 4.69) is 15.1 Å². The first-order chi connectivity index (χ1) is 6.70. The van der Waals surface area contributed by atoms with Gasteiger partial charge in [-0.25, -0.2) is 5.53 Å². The van der Waals surface area contributed by atoms with Gasteiger partial charge in [-0.3, -0.25) is 0 Å². The molecule has 2 rings (SSSR count). The summed E-state index contributed by atoms with van der Waals surface area (Å²) in [6, 6.07) is 0. The van der Waals surface area contributed by atoms with Crippen LogP contribution in [-0.2, 0) is 0 Å². The Morgan fingerprint density at radius 2 is 2.36 bits per heavy atom. The van der Waals surface area contributed by atoms with Crippen LogP contribution in [0.5, 0.6) is 0 Å². The molecule has 6 heteroatoms. The Balaban J connectivity index is 2.10. The van der Waals surface area contributed by atoms with Gasteiger partial charge >= 0.3 is 0 Å². The van der Waals surface area contributed by atoms with Gasteiger partial charge in [0.25, 0.3) is 7.98 Å². The van der Waals surface area contributed by atoms with Crippen LogP contribution in [0.4, 0.5) is 0 Å². The van der Waals surface area contributed by atoms with E-state index in [1.54, 1.807) is 7.05 Å². The molecule has 2 radical (unpaired) electrons. The van der Waals surface area contributed by atoms with Gasteiger partial charge in [0.2, 0.25) is 0 Å². The van der Waals surface area contributed by atoms with Crippen LogP contribution in [0.2, 0.25) is 0 Å². The largest absolute Gasteiger partial charge is 0.354 e. The highest BCUT2D eigenvalue weighted by Crippen LogP contribution is 2.34. The highest BCUT2D eigenvalue weighted by Gasteiger charge is 2.40. The average molecular weight is 191 g/mol. The fourth-order valence-electron chi connectivity index (χ4n) is 2.42. The molecule has 3 atom stereocenters. The van der Waals surface area contributed by atoms with Crippen LogP contribution in [0.15, 0.2) is 10.2 Å². The smallest absolute Gasteiger partial charge is 0.256 e. The van der Waals surface area contributed by atoms with Crippen LogP contribution < -0.4 is 0 Å². The summed E-state index contributed by atoms with van der Waals surface area (Å²) in [4.78, 5) is 3.63. The second kappa shape index (κ2) is 3.69. The SMILES string of the molecule is [B]N(C)/N=C(\N=N)[C@H]1CN2CCC1C2. The first kappa shape index (κ1) is 9.64. The van der Waals surface area contributed by atoms with Crippen molar-refractivity contribution in [1.82, 2.24) is 9.82 Å². The lowest BCUT2D eigenvalue weighted by molar-refractivity contribution is 0.340. The minimum atomic E-state index is 0.312. The Labute approximate surface area is 85.1 Å². The minimum Gasteiger partial charge on any atom is -0.354 e. The van der Waals surface area contributed by atoms with Crippen molar-refractivity contribution in [3.8, 4) is 0 Å². The third-order valence-electron chi connectivity index (χ3n) is 3.04. The number of piperidine rings is 1. The number of hydrogen-bond acceptors (Lipinski definition) is 4. The Morgan fingerprint density at radius 1 is 1.57 bits per heavy atom. The van der Waals surface area contributed by atoms with E-state index in [4.69, 9.17) is 13.5 Å². The second-order valence-corrected chi connectivity index (χ2v) is 4.06. The maximum absolute atomic E-state index is 7.09. The Bertz CT molecular complexity index is 264. The monoisotopic (exact) mass is 191 g/mol. The minimum absolute atomic E-state index is 0.312. The Kier molecular flexibility index (Phi) is 2.54. The number of hydrazone groups is 1. The molecule has 2 bridgehead atoms. The Hall–Kier alpha value is -0.905. The molecule has 2 saturated heterocycles. The van der Waals surface area contributed by atoms with Gasteiger partial charge in [-0.05, 0) is 18.9 Å². The summed E-state index contributed by atoms with van der Waals surface area (Å²) in [6.45, 7) is 3.30. The van der Waals surface area contributed by atoms with E-state index in [1.165, 1.54) is 17.9 Å². The highest BCUT2D eigenvalue weighted by molar-refractivity contribution is 6.04. The zero-order valence-electron chi connectivity index (χ0n) is 8.35. The zero-order valence-corrected chi connectivity index (χ0v) is 8.35. The second-order valence-electron chi connectivity index (χ2n) is 4.06. The fraction of sp³-hybridized carbons (Fsp3) is 0.875. The molecule has 74 valence electrons. The lowest BCUT2D eigenvalue weighted by Crippen LogP contribution is -2.29. The molecule has 2 aliphatic heterocycles. The van der Waals surface area contributed by atoms with E-state index in [1.807, 2.05) is 0 Å². The molecule has 0 saturated carbocycles. The average Bonchev–Trinajstić information content (AvgIpc) is 2.74. The number of nitrogens with zero attached hydrogens (tertiary/aromatic N) is 4. The normalized spacial score (nSPS) is 36.1. The summed E-state index contributed by atoms with van der Waals surface area (Å²) in [5.74, 6) is 1.51. The molecular formula is C8H14BN5. The van der Waals surface area contributed by atoms with Crippen LogP contribution >= 0.6 is 0 Å². The van der Waals surface area contributed by atoms with E-state index < -0.39 is 0 Å². The fourth-order valence-corrected chi connectivity index (χ4v) is 2.42. The third kappa shape index (κ3) is 1.66. The standard InChI is InChI=1S/C8H14BN5/c1-13(9)12-8(11-10)7-5-14-3-2-6(7)4-14/h6-7,10H,2-5H2,1H3/b11-10?,12-8-/t6?,7-/m0/s1. The van der Waals surface area contributed by atoms with Crippen molar-refractivity contribution in [1.29, 1.82) is 5.53 Å². The van der Waals surface area contributed by atoms with Gasteiger partial charge in [-0.2, -0.15) is 5.10 Å². The number of rotatable bonds is 2. The number of amidine groups is 1. The maximum atomic E-state index is 7.09. The lowest BCUT2D eigenvalue weighted by atomic mass is 9.92. The van der Waals surface area contributed by atoms with Gasteiger partial charge in [-0.1, -0.05) is 0 Å². The quantitative estimate of drug-likeness (QED) is 0.224. The number of fused-ring (bicyclic) bond motifs is 2. The summed E-state index contributed by atoms with van der Waals surface area (Å²) in [6.07, 6.45) is 1.20. The van der Waals surface area contributed by atoms with E-state index in [-0.39, 0.29) is 0 Å². The molecule has 5 nitrogen and oxygen atoms in total. The van der Waals surface area contributed by atoms with Crippen LogP contribution in [0.25, 0.3) is 0 Å². The van der Waals surface area contributed by atoms with Crippen LogP contribution in [0, 0.1) is 17.4 Å². The van der Waals surface area contributed by atoms with Crippen molar-refractivity contribution < 1.29 is 0 Å². The van der Waals surface area contributed by atoms with Crippen molar-refractivity contribution in [2.24, 2.45) is 22.1 Å². The van der Waals surface area contributed by atoms with Gasteiger partial charge < -0.3 is 9.82 Å². The molecule has 2 heterocycles. The summed E-state index contributed by atoms with van der Waals surface area (Å²) in [5.41, 5.74) is 7.09. The molecule has 2 fully saturated rings. The molecule has 0 amide bonds. The van der Waals surface area contributed by atoms with Gasteiger partial charge in [0, 0.05) is 26.1 Å². The molecule has 0 aromatic carbocycles. The van der Waals surface area contributed by atoms with E-state index in [0.29, 0.717) is 17.7 Å². The number of nitrogens with one attached hydrogen (secondary N) is 1. The van der Waals surface area contributed by atoms with Crippen LogP contribution in [0.3, 0.4) is 0 Å². The predicted molar refractivity (Wildman–Crippen MR) is 54.1 cm³/mol. The number of hydrogen-bond donors (Lipinski definition) is 1.